The molecule has 0 amide bonds. The largest absolute Gasteiger partial charge is 0.379 e. The van der Waals surface area contributed by atoms with Crippen LogP contribution in [0.1, 0.15) is 11.3 Å². The highest BCUT2D eigenvalue weighted by Crippen LogP contribution is 2.27. The van der Waals surface area contributed by atoms with Crippen LogP contribution < -0.4 is 6.15 Å². The lowest BCUT2D eigenvalue weighted by molar-refractivity contribution is 0.0333. The lowest BCUT2D eigenvalue weighted by Gasteiger charge is -2.26. The van der Waals surface area contributed by atoms with Crippen LogP contribution in [0.4, 0.5) is 0 Å². The van der Waals surface area contributed by atoms with Crippen LogP contribution >= 0.6 is 15.9 Å². The van der Waals surface area contributed by atoms with Crippen LogP contribution in [0.5, 0.6) is 0 Å². The number of morpholine rings is 1. The summed E-state index contributed by atoms with van der Waals surface area (Å²) >= 11 is 3.62. The summed E-state index contributed by atoms with van der Waals surface area (Å²) in [4.78, 5) is 6.48. The van der Waals surface area contributed by atoms with Crippen molar-refractivity contribution in [2.24, 2.45) is 0 Å². The molecular formula is C12H18BrN5O. The molecule has 6 nitrogen and oxygen atoms in total. The highest BCUT2D eigenvalue weighted by Gasteiger charge is 2.18. The fourth-order valence-corrected chi connectivity index (χ4v) is 2.80. The van der Waals surface area contributed by atoms with Crippen LogP contribution in [-0.4, -0.2) is 45.8 Å². The van der Waals surface area contributed by atoms with E-state index in [1.54, 1.807) is 6.33 Å². The summed E-state index contributed by atoms with van der Waals surface area (Å²) in [6.45, 7) is 6.62. The molecule has 3 heterocycles. The van der Waals surface area contributed by atoms with Crippen molar-refractivity contribution in [3.05, 3.63) is 28.3 Å². The van der Waals surface area contributed by atoms with E-state index in [2.05, 4.69) is 37.8 Å². The van der Waals surface area contributed by atoms with Gasteiger partial charge in [0.2, 0.25) is 0 Å². The third-order valence-electron chi connectivity index (χ3n) is 3.38. The van der Waals surface area contributed by atoms with Gasteiger partial charge < -0.3 is 10.9 Å². The Morgan fingerprint density at radius 2 is 2.11 bits per heavy atom. The predicted octanol–water partition coefficient (Wildman–Crippen LogP) is 1.79. The standard InChI is InChI=1S/C12H15BrN4O.H3N/c1-9-11(7-16-2-4-18-5-3-16)17-10(12(9)13)6-14-8-15-17;/h6,8H,2-5,7H2,1H3;1H3. The van der Waals surface area contributed by atoms with Gasteiger partial charge in [-0.1, -0.05) is 0 Å². The van der Waals surface area contributed by atoms with Crippen molar-refractivity contribution in [2.45, 2.75) is 13.5 Å². The molecule has 0 aliphatic carbocycles. The van der Waals surface area contributed by atoms with E-state index in [0.29, 0.717) is 0 Å². The summed E-state index contributed by atoms with van der Waals surface area (Å²) in [6.07, 6.45) is 3.43. The Labute approximate surface area is 120 Å². The SMILES string of the molecule is Cc1c(Br)c2cncnn2c1CN1CCOCC1.N. The number of hydrogen-bond donors (Lipinski definition) is 1. The number of hydrogen-bond acceptors (Lipinski definition) is 5. The van der Waals surface area contributed by atoms with Gasteiger partial charge in [0.15, 0.2) is 0 Å². The monoisotopic (exact) mass is 327 g/mol. The lowest BCUT2D eigenvalue weighted by atomic mass is 10.2. The van der Waals surface area contributed by atoms with E-state index >= 15 is 0 Å². The zero-order valence-electron chi connectivity index (χ0n) is 11.0. The van der Waals surface area contributed by atoms with E-state index < -0.39 is 0 Å². The smallest absolute Gasteiger partial charge is 0.136 e. The minimum Gasteiger partial charge on any atom is -0.379 e. The first kappa shape index (κ1) is 14.4. The van der Waals surface area contributed by atoms with Crippen molar-refractivity contribution in [1.82, 2.24) is 25.6 Å². The minimum atomic E-state index is 0. The van der Waals surface area contributed by atoms with Gasteiger partial charge in [0.1, 0.15) is 6.33 Å². The Morgan fingerprint density at radius 1 is 1.37 bits per heavy atom. The van der Waals surface area contributed by atoms with Crippen molar-refractivity contribution in [3.8, 4) is 0 Å². The van der Waals surface area contributed by atoms with Gasteiger partial charge in [-0.3, -0.25) is 4.90 Å². The number of fused-ring (bicyclic) bond motifs is 1. The third-order valence-corrected chi connectivity index (χ3v) is 4.38. The molecule has 1 aliphatic rings. The molecule has 104 valence electrons. The van der Waals surface area contributed by atoms with Gasteiger partial charge in [-0.05, 0) is 28.4 Å². The Kier molecular flexibility index (Phi) is 4.51. The van der Waals surface area contributed by atoms with E-state index in [1.165, 1.54) is 11.3 Å². The Balaban J connectivity index is 0.00000133. The fraction of sp³-hybridized carbons (Fsp3) is 0.500. The quantitative estimate of drug-likeness (QED) is 0.909. The lowest BCUT2D eigenvalue weighted by Crippen LogP contribution is -2.36. The van der Waals surface area contributed by atoms with E-state index in [1.807, 2.05) is 10.7 Å². The number of nitrogens with zero attached hydrogens (tertiary/aromatic N) is 4. The summed E-state index contributed by atoms with van der Waals surface area (Å²) in [7, 11) is 0. The summed E-state index contributed by atoms with van der Waals surface area (Å²) in [5.41, 5.74) is 3.49. The molecule has 7 heteroatoms. The van der Waals surface area contributed by atoms with Gasteiger partial charge in [-0.2, -0.15) is 5.10 Å². The van der Waals surface area contributed by atoms with Crippen LogP contribution in [0.3, 0.4) is 0 Å². The van der Waals surface area contributed by atoms with Crippen molar-refractivity contribution < 1.29 is 4.74 Å². The molecule has 1 fully saturated rings. The average Bonchev–Trinajstić information content (AvgIpc) is 2.66. The number of aromatic nitrogens is 3. The van der Waals surface area contributed by atoms with Crippen molar-refractivity contribution in [3.63, 3.8) is 0 Å². The summed E-state index contributed by atoms with van der Waals surface area (Å²) in [6, 6.07) is 0. The second-order valence-corrected chi connectivity index (χ2v) is 5.27. The van der Waals surface area contributed by atoms with Gasteiger partial charge in [-0.25, -0.2) is 9.50 Å². The highest BCUT2D eigenvalue weighted by molar-refractivity contribution is 9.10. The Morgan fingerprint density at radius 3 is 2.84 bits per heavy atom. The first-order valence-corrected chi connectivity index (χ1v) is 6.82. The van der Waals surface area contributed by atoms with Gasteiger partial charge in [-0.15, -0.1) is 0 Å². The van der Waals surface area contributed by atoms with Crippen LogP contribution in [0.15, 0.2) is 17.0 Å². The molecule has 3 rings (SSSR count). The molecule has 0 atom stereocenters. The highest BCUT2D eigenvalue weighted by atomic mass is 79.9. The van der Waals surface area contributed by atoms with Gasteiger partial charge in [0, 0.05) is 24.1 Å². The maximum atomic E-state index is 5.38. The molecule has 0 bridgehead atoms. The number of halogens is 1. The molecule has 1 saturated heterocycles. The zero-order valence-corrected chi connectivity index (χ0v) is 12.6. The molecular weight excluding hydrogens is 310 g/mol. The first-order chi connectivity index (χ1) is 8.77. The van der Waals surface area contributed by atoms with Gasteiger partial charge in [0.25, 0.3) is 0 Å². The first-order valence-electron chi connectivity index (χ1n) is 6.03. The second-order valence-electron chi connectivity index (χ2n) is 4.48. The van der Waals surface area contributed by atoms with E-state index in [9.17, 15) is 0 Å². The Bertz CT molecular complexity index is 564. The second kappa shape index (κ2) is 5.96. The molecule has 19 heavy (non-hydrogen) atoms. The van der Waals surface area contributed by atoms with Gasteiger partial charge in [0.05, 0.1) is 30.6 Å². The molecule has 0 spiro atoms. The van der Waals surface area contributed by atoms with Gasteiger partial charge >= 0.3 is 0 Å². The average molecular weight is 328 g/mol. The molecule has 3 N–H and O–H groups in total. The summed E-state index contributed by atoms with van der Waals surface area (Å²) in [5.74, 6) is 0. The van der Waals surface area contributed by atoms with E-state index in [4.69, 9.17) is 4.74 Å². The number of rotatable bonds is 2. The molecule has 0 aromatic carbocycles. The van der Waals surface area contributed by atoms with Crippen molar-refractivity contribution in [2.75, 3.05) is 26.3 Å². The topological polar surface area (TPSA) is 77.7 Å². The Hall–Kier alpha value is -1.02. The van der Waals surface area contributed by atoms with Crippen LogP contribution in [0, 0.1) is 6.92 Å². The van der Waals surface area contributed by atoms with Crippen LogP contribution in [0.2, 0.25) is 0 Å². The maximum absolute atomic E-state index is 5.38. The minimum absolute atomic E-state index is 0. The molecule has 0 radical (unpaired) electrons. The maximum Gasteiger partial charge on any atom is 0.136 e. The molecule has 1 aliphatic heterocycles. The number of ether oxygens (including phenoxy) is 1. The summed E-state index contributed by atoms with van der Waals surface area (Å²) < 4.78 is 8.44. The normalized spacial score (nSPS) is 16.5. The molecule has 2 aromatic rings. The predicted molar refractivity (Wildman–Crippen MR) is 76.5 cm³/mol. The molecule has 2 aromatic heterocycles. The molecule has 0 unspecified atom stereocenters. The van der Waals surface area contributed by atoms with Crippen LogP contribution in [-0.2, 0) is 11.3 Å². The van der Waals surface area contributed by atoms with E-state index in [0.717, 1.165) is 42.8 Å². The summed E-state index contributed by atoms with van der Waals surface area (Å²) in [5, 5.41) is 4.35. The fourth-order valence-electron chi connectivity index (χ4n) is 2.30. The van der Waals surface area contributed by atoms with Crippen LogP contribution in [0.25, 0.3) is 5.52 Å². The van der Waals surface area contributed by atoms with E-state index in [-0.39, 0.29) is 6.15 Å². The third kappa shape index (κ3) is 2.64. The van der Waals surface area contributed by atoms with Crippen molar-refractivity contribution >= 4 is 21.4 Å². The zero-order chi connectivity index (χ0) is 12.5. The van der Waals surface area contributed by atoms with Crippen molar-refractivity contribution in [1.29, 1.82) is 0 Å². The molecule has 0 saturated carbocycles.